The van der Waals surface area contributed by atoms with Crippen LogP contribution in [-0.4, -0.2) is 18.0 Å². The molecule has 0 spiro atoms. The number of benzene rings is 1. The molecular formula is C11H9FN2O4. The first-order valence-electron chi connectivity index (χ1n) is 4.90. The van der Waals surface area contributed by atoms with Gasteiger partial charge in [-0.25, -0.2) is 0 Å². The van der Waals surface area contributed by atoms with Gasteiger partial charge in [0, 0.05) is 6.07 Å². The summed E-state index contributed by atoms with van der Waals surface area (Å²) in [5.41, 5.74) is -0.367. The van der Waals surface area contributed by atoms with E-state index in [-0.39, 0.29) is 6.42 Å². The molecule has 0 amide bonds. The SMILES string of the molecule is COC(=O)C(C#N)Cc1ccc(F)c([N+](=O)[O-])c1. The lowest BCUT2D eigenvalue weighted by Crippen LogP contribution is -2.16. The Morgan fingerprint density at radius 1 is 1.67 bits per heavy atom. The van der Waals surface area contributed by atoms with Gasteiger partial charge in [-0.1, -0.05) is 6.07 Å². The van der Waals surface area contributed by atoms with Crippen LogP contribution in [0.3, 0.4) is 0 Å². The number of nitro groups is 1. The Kier molecular flexibility index (Phi) is 4.32. The Hall–Kier alpha value is -2.49. The molecule has 1 rings (SSSR count). The lowest BCUT2D eigenvalue weighted by molar-refractivity contribution is -0.387. The first kappa shape index (κ1) is 13.6. The number of rotatable bonds is 4. The number of nitrogens with zero attached hydrogens (tertiary/aromatic N) is 2. The van der Waals surface area contributed by atoms with Crippen LogP contribution >= 0.6 is 0 Å². The molecule has 1 unspecified atom stereocenters. The predicted octanol–water partition coefficient (Wildman–Crippen LogP) is 1.59. The van der Waals surface area contributed by atoms with E-state index >= 15 is 0 Å². The lowest BCUT2D eigenvalue weighted by Gasteiger charge is -2.06. The van der Waals surface area contributed by atoms with Crippen molar-refractivity contribution in [1.29, 1.82) is 5.26 Å². The van der Waals surface area contributed by atoms with E-state index in [9.17, 15) is 19.3 Å². The van der Waals surface area contributed by atoms with Gasteiger partial charge in [0.05, 0.1) is 18.1 Å². The Labute approximate surface area is 102 Å². The summed E-state index contributed by atoms with van der Waals surface area (Å²) in [4.78, 5) is 20.8. The van der Waals surface area contributed by atoms with E-state index in [0.717, 1.165) is 19.2 Å². The molecule has 0 N–H and O–H groups in total. The standard InChI is InChI=1S/C11H9FN2O4/c1-18-11(15)8(6-13)4-7-2-3-9(12)10(5-7)14(16)17/h2-3,5,8H,4H2,1H3. The molecule has 0 saturated heterocycles. The molecular weight excluding hydrogens is 243 g/mol. The highest BCUT2D eigenvalue weighted by Crippen LogP contribution is 2.20. The minimum Gasteiger partial charge on any atom is -0.468 e. The van der Waals surface area contributed by atoms with E-state index in [1.54, 1.807) is 6.07 Å². The van der Waals surface area contributed by atoms with E-state index < -0.39 is 28.3 Å². The van der Waals surface area contributed by atoms with Crippen molar-refractivity contribution in [2.24, 2.45) is 5.92 Å². The summed E-state index contributed by atoms with van der Waals surface area (Å²) in [6, 6.07) is 4.95. The van der Waals surface area contributed by atoms with Crippen LogP contribution in [0, 0.1) is 33.2 Å². The third-order valence-corrected chi connectivity index (χ3v) is 2.29. The van der Waals surface area contributed by atoms with E-state index in [2.05, 4.69) is 4.74 Å². The van der Waals surface area contributed by atoms with E-state index in [1.165, 1.54) is 6.07 Å². The summed E-state index contributed by atoms with van der Waals surface area (Å²) in [5.74, 6) is -2.76. The first-order chi connectivity index (χ1) is 8.49. The lowest BCUT2D eigenvalue weighted by atomic mass is 10.0. The van der Waals surface area contributed by atoms with Crippen LogP contribution in [0.1, 0.15) is 5.56 Å². The highest BCUT2D eigenvalue weighted by atomic mass is 19.1. The van der Waals surface area contributed by atoms with Crippen molar-refractivity contribution >= 4 is 11.7 Å². The second-order valence-electron chi connectivity index (χ2n) is 3.45. The van der Waals surface area contributed by atoms with Crippen molar-refractivity contribution < 1.29 is 18.8 Å². The topological polar surface area (TPSA) is 93.2 Å². The van der Waals surface area contributed by atoms with Gasteiger partial charge in [0.15, 0.2) is 0 Å². The molecule has 6 nitrogen and oxygen atoms in total. The summed E-state index contributed by atoms with van der Waals surface area (Å²) in [7, 11) is 1.14. The molecule has 0 saturated carbocycles. The molecule has 0 aliphatic carbocycles. The molecule has 0 aliphatic rings. The predicted molar refractivity (Wildman–Crippen MR) is 57.9 cm³/mol. The number of methoxy groups -OCH3 is 1. The van der Waals surface area contributed by atoms with Gasteiger partial charge in [-0.2, -0.15) is 9.65 Å². The molecule has 1 atom stereocenters. The maximum absolute atomic E-state index is 13.1. The summed E-state index contributed by atoms with van der Waals surface area (Å²) >= 11 is 0. The van der Waals surface area contributed by atoms with Gasteiger partial charge in [0.1, 0.15) is 5.92 Å². The average Bonchev–Trinajstić information content (AvgIpc) is 2.36. The van der Waals surface area contributed by atoms with Crippen LogP contribution in [0.5, 0.6) is 0 Å². The number of carbonyl (C=O) groups is 1. The molecule has 0 aliphatic heterocycles. The maximum Gasteiger partial charge on any atom is 0.323 e. The van der Waals surface area contributed by atoms with Gasteiger partial charge < -0.3 is 4.74 Å². The number of nitro benzene ring substituents is 1. The van der Waals surface area contributed by atoms with Crippen molar-refractivity contribution in [3.8, 4) is 6.07 Å². The molecule has 18 heavy (non-hydrogen) atoms. The van der Waals surface area contributed by atoms with Gasteiger partial charge in [-0.3, -0.25) is 14.9 Å². The molecule has 1 aromatic rings. The molecule has 0 aromatic heterocycles. The van der Waals surface area contributed by atoms with E-state index in [1.807, 2.05) is 0 Å². The highest BCUT2D eigenvalue weighted by molar-refractivity contribution is 5.75. The minimum absolute atomic E-state index is 0.0652. The Morgan fingerprint density at radius 3 is 2.83 bits per heavy atom. The van der Waals surface area contributed by atoms with Crippen molar-refractivity contribution in [2.75, 3.05) is 7.11 Å². The second kappa shape index (κ2) is 5.72. The van der Waals surface area contributed by atoms with Crippen molar-refractivity contribution in [2.45, 2.75) is 6.42 Å². The average molecular weight is 252 g/mol. The number of hydrogen-bond donors (Lipinski definition) is 0. The molecule has 0 heterocycles. The summed E-state index contributed by atoms with van der Waals surface area (Å²) in [6.07, 6.45) is -0.0652. The van der Waals surface area contributed by atoms with E-state index in [4.69, 9.17) is 5.26 Å². The monoisotopic (exact) mass is 252 g/mol. The Morgan fingerprint density at radius 2 is 2.33 bits per heavy atom. The van der Waals surface area contributed by atoms with Crippen LogP contribution in [0.4, 0.5) is 10.1 Å². The fraction of sp³-hybridized carbons (Fsp3) is 0.273. The summed E-state index contributed by atoms with van der Waals surface area (Å²) in [5, 5.41) is 19.3. The van der Waals surface area contributed by atoms with Crippen LogP contribution < -0.4 is 0 Å². The quantitative estimate of drug-likeness (QED) is 0.460. The highest BCUT2D eigenvalue weighted by Gasteiger charge is 2.21. The minimum atomic E-state index is -1.07. The third kappa shape index (κ3) is 3.01. The number of hydrogen-bond acceptors (Lipinski definition) is 5. The zero-order valence-electron chi connectivity index (χ0n) is 9.42. The zero-order valence-corrected chi connectivity index (χ0v) is 9.42. The number of nitriles is 1. The number of carbonyl (C=O) groups excluding carboxylic acids is 1. The Balaban J connectivity index is 2.98. The fourth-order valence-electron chi connectivity index (χ4n) is 1.38. The molecule has 1 aromatic carbocycles. The zero-order chi connectivity index (χ0) is 13.7. The smallest absolute Gasteiger partial charge is 0.323 e. The van der Waals surface area contributed by atoms with Gasteiger partial charge in [-0.15, -0.1) is 0 Å². The van der Waals surface area contributed by atoms with Gasteiger partial charge in [-0.05, 0) is 18.1 Å². The summed E-state index contributed by atoms with van der Waals surface area (Å²) in [6.45, 7) is 0. The van der Waals surface area contributed by atoms with Crippen LogP contribution in [0.15, 0.2) is 18.2 Å². The largest absolute Gasteiger partial charge is 0.468 e. The first-order valence-corrected chi connectivity index (χ1v) is 4.90. The molecule has 7 heteroatoms. The van der Waals surface area contributed by atoms with Crippen molar-refractivity contribution in [1.82, 2.24) is 0 Å². The van der Waals surface area contributed by atoms with Gasteiger partial charge in [0.25, 0.3) is 0 Å². The number of ether oxygens (including phenoxy) is 1. The normalized spacial score (nSPS) is 11.4. The van der Waals surface area contributed by atoms with Crippen LogP contribution in [-0.2, 0) is 16.0 Å². The number of esters is 1. The fourth-order valence-corrected chi connectivity index (χ4v) is 1.38. The molecule has 0 bridgehead atoms. The third-order valence-electron chi connectivity index (χ3n) is 2.29. The summed E-state index contributed by atoms with van der Waals surface area (Å²) < 4.78 is 17.5. The van der Waals surface area contributed by atoms with Gasteiger partial charge >= 0.3 is 11.7 Å². The maximum atomic E-state index is 13.1. The van der Waals surface area contributed by atoms with Crippen molar-refractivity contribution in [3.63, 3.8) is 0 Å². The molecule has 0 fully saturated rings. The molecule has 0 radical (unpaired) electrons. The van der Waals surface area contributed by atoms with Crippen LogP contribution in [0.25, 0.3) is 0 Å². The van der Waals surface area contributed by atoms with Crippen LogP contribution in [0.2, 0.25) is 0 Å². The molecule has 94 valence electrons. The second-order valence-corrected chi connectivity index (χ2v) is 3.45. The number of halogens is 1. The van der Waals surface area contributed by atoms with Gasteiger partial charge in [0.2, 0.25) is 5.82 Å². The van der Waals surface area contributed by atoms with E-state index in [0.29, 0.717) is 5.56 Å². The van der Waals surface area contributed by atoms with Crippen molar-refractivity contribution in [3.05, 3.63) is 39.7 Å². The Bertz CT molecular complexity index is 524.